The van der Waals surface area contributed by atoms with E-state index in [0.717, 1.165) is 61.2 Å². The van der Waals surface area contributed by atoms with Gasteiger partial charge in [0.15, 0.2) is 5.11 Å². The maximum absolute atomic E-state index is 12.9. The molecule has 1 heterocycles. The number of H-pyrrole nitrogens is 1. The lowest BCUT2D eigenvalue weighted by Gasteiger charge is -2.27. The Morgan fingerprint density at radius 2 is 1.73 bits per heavy atom. The van der Waals surface area contributed by atoms with Crippen molar-refractivity contribution < 1.29 is 0 Å². The van der Waals surface area contributed by atoms with Crippen LogP contribution in [0.15, 0.2) is 53.3 Å². The number of thiocarbonyl (C=S) groups is 1. The van der Waals surface area contributed by atoms with Crippen molar-refractivity contribution in [2.24, 2.45) is 0 Å². The maximum atomic E-state index is 12.9. The zero-order valence-corrected chi connectivity index (χ0v) is 21.1. The molecule has 0 aliphatic carbocycles. The van der Waals surface area contributed by atoms with E-state index in [1.165, 1.54) is 11.1 Å². The second kappa shape index (κ2) is 12.0. The normalized spacial score (nSPS) is 11.2. The molecule has 0 amide bonds. The van der Waals surface area contributed by atoms with Crippen LogP contribution >= 0.6 is 12.2 Å². The molecular formula is C27H36N4OS. The molecule has 3 aromatic rings. The number of fused-ring (bicyclic) bond motifs is 1. The van der Waals surface area contributed by atoms with Crippen LogP contribution in [0.5, 0.6) is 0 Å². The molecule has 0 unspecified atom stereocenters. The molecule has 0 radical (unpaired) electrons. The van der Waals surface area contributed by atoms with Gasteiger partial charge in [-0.2, -0.15) is 0 Å². The van der Waals surface area contributed by atoms with Crippen LogP contribution in [0, 0.1) is 6.92 Å². The van der Waals surface area contributed by atoms with Crippen LogP contribution in [-0.2, 0) is 13.0 Å². The van der Waals surface area contributed by atoms with Crippen molar-refractivity contribution in [3.8, 4) is 0 Å². The van der Waals surface area contributed by atoms with E-state index in [1.54, 1.807) is 0 Å². The molecule has 2 aromatic carbocycles. The Bertz CT molecular complexity index is 1120. The maximum Gasteiger partial charge on any atom is 0.253 e. The van der Waals surface area contributed by atoms with Crippen LogP contribution in [0.1, 0.15) is 43.9 Å². The van der Waals surface area contributed by atoms with E-state index in [2.05, 4.69) is 72.1 Å². The lowest BCUT2D eigenvalue weighted by atomic mass is 10.1. The van der Waals surface area contributed by atoms with Gasteiger partial charge in [-0.1, -0.05) is 44.5 Å². The third kappa shape index (κ3) is 6.89. The van der Waals surface area contributed by atoms with Crippen LogP contribution in [0.4, 0.5) is 5.69 Å². The van der Waals surface area contributed by atoms with Crippen molar-refractivity contribution >= 4 is 33.9 Å². The van der Waals surface area contributed by atoms with Gasteiger partial charge in [-0.25, -0.2) is 0 Å². The van der Waals surface area contributed by atoms with Crippen molar-refractivity contribution in [3.05, 3.63) is 75.6 Å². The van der Waals surface area contributed by atoms with Gasteiger partial charge in [0, 0.05) is 23.3 Å². The monoisotopic (exact) mass is 464 g/mol. The number of nitrogens with one attached hydrogen (secondary N) is 2. The van der Waals surface area contributed by atoms with Gasteiger partial charge < -0.3 is 20.1 Å². The largest absolute Gasteiger partial charge is 0.344 e. The number of pyridine rings is 1. The predicted molar refractivity (Wildman–Crippen MR) is 144 cm³/mol. The molecule has 3 rings (SSSR count). The zero-order valence-electron chi connectivity index (χ0n) is 20.3. The Morgan fingerprint density at radius 3 is 2.39 bits per heavy atom. The zero-order chi connectivity index (χ0) is 23.8. The van der Waals surface area contributed by atoms with Crippen molar-refractivity contribution in [2.45, 2.75) is 47.1 Å². The highest BCUT2D eigenvalue weighted by molar-refractivity contribution is 7.80. The lowest BCUT2D eigenvalue weighted by Crippen LogP contribution is -2.38. The van der Waals surface area contributed by atoms with Crippen LogP contribution in [0.25, 0.3) is 10.9 Å². The van der Waals surface area contributed by atoms with E-state index >= 15 is 0 Å². The molecule has 2 N–H and O–H groups in total. The molecule has 0 saturated carbocycles. The molecule has 176 valence electrons. The lowest BCUT2D eigenvalue weighted by molar-refractivity contribution is 0.281. The first-order chi connectivity index (χ1) is 15.9. The quantitative estimate of drug-likeness (QED) is 0.397. The minimum Gasteiger partial charge on any atom is -0.344 e. The number of nitrogens with zero attached hydrogens (tertiary/aromatic N) is 2. The minimum absolute atomic E-state index is 0.0568. The second-order valence-corrected chi connectivity index (χ2v) is 8.88. The summed E-state index contributed by atoms with van der Waals surface area (Å²) < 4.78 is 0. The van der Waals surface area contributed by atoms with Gasteiger partial charge in [-0.15, -0.1) is 0 Å². The predicted octanol–water partition coefficient (Wildman–Crippen LogP) is 5.33. The van der Waals surface area contributed by atoms with Gasteiger partial charge in [-0.05, 0) is 92.9 Å². The van der Waals surface area contributed by atoms with Crippen LogP contribution in [0.2, 0.25) is 0 Å². The summed E-state index contributed by atoms with van der Waals surface area (Å²) in [5.41, 5.74) is 4.96. The number of hydrogen-bond acceptors (Lipinski definition) is 3. The smallest absolute Gasteiger partial charge is 0.253 e. The van der Waals surface area contributed by atoms with Gasteiger partial charge in [0.25, 0.3) is 5.56 Å². The highest BCUT2D eigenvalue weighted by atomic mass is 32.1. The second-order valence-electron chi connectivity index (χ2n) is 8.50. The number of aromatic amines is 1. The van der Waals surface area contributed by atoms with E-state index in [1.807, 2.05) is 24.3 Å². The number of hydrogen-bond donors (Lipinski definition) is 2. The van der Waals surface area contributed by atoms with E-state index in [9.17, 15) is 4.79 Å². The summed E-state index contributed by atoms with van der Waals surface area (Å²) in [6.07, 6.45) is 1.94. The van der Waals surface area contributed by atoms with E-state index in [-0.39, 0.29) is 5.56 Å². The Hall–Kier alpha value is -2.70. The van der Waals surface area contributed by atoms with Gasteiger partial charge in [0.05, 0.1) is 6.54 Å². The summed E-state index contributed by atoms with van der Waals surface area (Å²) in [6, 6.07) is 16.4. The van der Waals surface area contributed by atoms with E-state index < -0.39 is 0 Å². The van der Waals surface area contributed by atoms with E-state index in [4.69, 9.17) is 12.2 Å². The van der Waals surface area contributed by atoms with Crippen molar-refractivity contribution in [1.82, 2.24) is 14.8 Å². The van der Waals surface area contributed by atoms with Crippen LogP contribution in [-0.4, -0.2) is 46.1 Å². The fourth-order valence-corrected chi connectivity index (χ4v) is 4.23. The molecule has 0 bridgehead atoms. The molecule has 0 aliphatic rings. The summed E-state index contributed by atoms with van der Waals surface area (Å²) in [5.74, 6) is 0. The first-order valence-electron chi connectivity index (χ1n) is 11.9. The van der Waals surface area contributed by atoms with Gasteiger partial charge in [0.2, 0.25) is 0 Å². The Kier molecular flexibility index (Phi) is 9.03. The molecule has 0 saturated heterocycles. The first kappa shape index (κ1) is 24.9. The summed E-state index contributed by atoms with van der Waals surface area (Å²) in [7, 11) is 0. The van der Waals surface area contributed by atoms with Gasteiger partial charge >= 0.3 is 0 Å². The number of anilines is 1. The summed E-state index contributed by atoms with van der Waals surface area (Å²) in [5, 5.41) is 5.06. The molecule has 33 heavy (non-hydrogen) atoms. The first-order valence-corrected chi connectivity index (χ1v) is 12.3. The summed E-state index contributed by atoms with van der Waals surface area (Å²) >= 11 is 5.79. The Balaban J connectivity index is 1.82. The number of aryl methyl sites for hydroxylation is 2. The molecule has 0 fully saturated rings. The molecule has 5 nitrogen and oxygen atoms in total. The molecule has 1 aromatic heterocycles. The highest BCUT2D eigenvalue weighted by Gasteiger charge is 2.14. The highest BCUT2D eigenvalue weighted by Crippen LogP contribution is 2.16. The number of benzene rings is 2. The molecule has 0 aliphatic heterocycles. The average Bonchev–Trinajstić information content (AvgIpc) is 2.82. The minimum atomic E-state index is -0.0568. The molecule has 6 heteroatoms. The van der Waals surface area contributed by atoms with Crippen LogP contribution in [0.3, 0.4) is 0 Å². The number of aromatic nitrogens is 1. The van der Waals surface area contributed by atoms with Gasteiger partial charge in [-0.3, -0.25) is 4.79 Å². The van der Waals surface area contributed by atoms with Crippen molar-refractivity contribution in [3.63, 3.8) is 0 Å². The summed E-state index contributed by atoms with van der Waals surface area (Å²) in [4.78, 5) is 20.4. The molecule has 0 atom stereocenters. The fraction of sp³-hybridized carbons (Fsp3) is 0.407. The summed E-state index contributed by atoms with van der Waals surface area (Å²) in [6.45, 7) is 12.9. The van der Waals surface area contributed by atoms with Crippen molar-refractivity contribution in [2.75, 3.05) is 31.5 Å². The average molecular weight is 465 g/mol. The standard InChI is InChI=1S/C27H36N4OS/c1-5-21-11-14-25-22(17-21)18-23(26(32)29-25)19-31(16-8-15-30(6-2)7-3)27(33)28-24-12-9-20(4)10-13-24/h9-14,17-18H,5-8,15-16,19H2,1-4H3,(H,28,33)(H,29,32). The molecular weight excluding hydrogens is 428 g/mol. The number of rotatable bonds is 10. The Labute approximate surface area is 202 Å². The van der Waals surface area contributed by atoms with E-state index in [0.29, 0.717) is 11.7 Å². The Morgan fingerprint density at radius 1 is 1.00 bits per heavy atom. The molecule has 0 spiro atoms. The third-order valence-electron chi connectivity index (χ3n) is 6.14. The van der Waals surface area contributed by atoms with Gasteiger partial charge in [0.1, 0.15) is 0 Å². The van der Waals surface area contributed by atoms with Crippen molar-refractivity contribution in [1.29, 1.82) is 0 Å². The topological polar surface area (TPSA) is 51.4 Å². The third-order valence-corrected chi connectivity index (χ3v) is 6.50. The van der Waals surface area contributed by atoms with Crippen LogP contribution < -0.4 is 10.9 Å². The SMILES string of the molecule is CCc1ccc2[nH]c(=O)c(CN(CCCN(CC)CC)C(=S)Nc3ccc(C)cc3)cc2c1. The fourth-order valence-electron chi connectivity index (χ4n) is 3.96.